The Morgan fingerprint density at radius 1 is 1.29 bits per heavy atom. The van der Waals surface area contributed by atoms with Crippen molar-refractivity contribution in [3.8, 4) is 0 Å². The van der Waals surface area contributed by atoms with Gasteiger partial charge < -0.3 is 10.4 Å². The number of carbonyl (C=O) groups excluding carboxylic acids is 1. The molecule has 0 aliphatic heterocycles. The lowest BCUT2D eigenvalue weighted by molar-refractivity contribution is -0.136. The number of carboxylic acid groups (broad SMARTS) is 1. The molecule has 0 aliphatic carbocycles. The van der Waals surface area contributed by atoms with Crippen molar-refractivity contribution in [1.29, 1.82) is 0 Å². The topological polar surface area (TPSA) is 101 Å². The van der Waals surface area contributed by atoms with Crippen LogP contribution in [0.4, 0.5) is 0 Å². The Kier molecular flexibility index (Phi) is 6.15. The fourth-order valence-corrected chi connectivity index (χ4v) is 2.72. The van der Waals surface area contributed by atoms with Gasteiger partial charge in [-0.25, -0.2) is 8.42 Å². The minimum Gasteiger partial charge on any atom is -0.480 e. The van der Waals surface area contributed by atoms with E-state index >= 15 is 0 Å². The Labute approximate surface area is 101 Å². The molecule has 0 fully saturated rings. The molecule has 0 aromatic heterocycles. The first kappa shape index (κ1) is 15.9. The van der Waals surface area contributed by atoms with Gasteiger partial charge in [0, 0.05) is 6.54 Å². The average molecular weight is 265 g/mol. The van der Waals surface area contributed by atoms with Crippen molar-refractivity contribution in [3.05, 3.63) is 0 Å². The van der Waals surface area contributed by atoms with Crippen molar-refractivity contribution in [2.24, 2.45) is 5.92 Å². The summed E-state index contributed by atoms with van der Waals surface area (Å²) in [5, 5.41) is 9.67. The number of sulfone groups is 1. The molecule has 1 amide bonds. The molecule has 6 nitrogen and oxygen atoms in total. The number of rotatable bonds is 7. The van der Waals surface area contributed by atoms with Crippen LogP contribution in [0.15, 0.2) is 0 Å². The third-order valence-electron chi connectivity index (χ3n) is 2.12. The average Bonchev–Trinajstić information content (AvgIpc) is 2.13. The standard InChI is InChI=1S/C10H19NO5S/c1-4-8(10(13)14)17(15,16)6-9(12)11-5-7(2)3/h7-8H,4-6H2,1-3H3,(H,11,12)(H,13,14). The first-order valence-corrected chi connectivity index (χ1v) is 7.13. The fraction of sp³-hybridized carbons (Fsp3) is 0.800. The zero-order valence-corrected chi connectivity index (χ0v) is 11.1. The molecule has 0 bridgehead atoms. The van der Waals surface area contributed by atoms with E-state index in [1.54, 1.807) is 0 Å². The molecule has 17 heavy (non-hydrogen) atoms. The zero-order chi connectivity index (χ0) is 13.6. The highest BCUT2D eigenvalue weighted by atomic mass is 32.2. The second-order valence-electron chi connectivity index (χ2n) is 4.24. The molecule has 0 aliphatic rings. The van der Waals surface area contributed by atoms with Crippen LogP contribution >= 0.6 is 0 Å². The number of carbonyl (C=O) groups is 2. The minimum atomic E-state index is -3.93. The van der Waals surface area contributed by atoms with Crippen LogP contribution < -0.4 is 5.32 Å². The van der Waals surface area contributed by atoms with Gasteiger partial charge in [0.05, 0.1) is 0 Å². The lowest BCUT2D eigenvalue weighted by atomic mass is 10.2. The summed E-state index contributed by atoms with van der Waals surface area (Å²) in [5.74, 6) is -2.63. The van der Waals surface area contributed by atoms with E-state index in [0.717, 1.165) is 0 Å². The number of aliphatic carboxylic acids is 1. The van der Waals surface area contributed by atoms with Crippen LogP contribution in [0.3, 0.4) is 0 Å². The molecule has 0 radical (unpaired) electrons. The fourth-order valence-electron chi connectivity index (χ4n) is 1.23. The minimum absolute atomic E-state index is 0.0465. The smallest absolute Gasteiger partial charge is 0.321 e. The van der Waals surface area contributed by atoms with Crippen molar-refractivity contribution in [2.45, 2.75) is 32.4 Å². The molecule has 0 heterocycles. The SMILES string of the molecule is CCC(C(=O)O)S(=O)(=O)CC(=O)NCC(C)C. The van der Waals surface area contributed by atoms with Gasteiger partial charge in [0.25, 0.3) is 0 Å². The Morgan fingerprint density at radius 3 is 2.18 bits per heavy atom. The van der Waals surface area contributed by atoms with Gasteiger partial charge in [0.2, 0.25) is 5.91 Å². The van der Waals surface area contributed by atoms with E-state index in [1.165, 1.54) is 6.92 Å². The Balaban J connectivity index is 4.54. The predicted octanol–water partition coefficient (Wildman–Crippen LogP) is 0.0366. The van der Waals surface area contributed by atoms with Gasteiger partial charge in [0.15, 0.2) is 15.1 Å². The largest absolute Gasteiger partial charge is 0.480 e. The Morgan fingerprint density at radius 2 is 1.82 bits per heavy atom. The van der Waals surface area contributed by atoms with Gasteiger partial charge in [0.1, 0.15) is 5.75 Å². The molecule has 100 valence electrons. The van der Waals surface area contributed by atoms with E-state index in [1.807, 2.05) is 13.8 Å². The summed E-state index contributed by atoms with van der Waals surface area (Å²) >= 11 is 0. The third kappa shape index (κ3) is 5.67. The van der Waals surface area contributed by atoms with E-state index in [9.17, 15) is 18.0 Å². The van der Waals surface area contributed by atoms with E-state index in [4.69, 9.17) is 5.11 Å². The van der Waals surface area contributed by atoms with Crippen molar-refractivity contribution < 1.29 is 23.1 Å². The monoisotopic (exact) mass is 265 g/mol. The van der Waals surface area contributed by atoms with Gasteiger partial charge in [-0.3, -0.25) is 9.59 Å². The molecule has 0 rings (SSSR count). The zero-order valence-electron chi connectivity index (χ0n) is 10.3. The van der Waals surface area contributed by atoms with E-state index in [-0.39, 0.29) is 12.3 Å². The summed E-state index contributed by atoms with van der Waals surface area (Å²) in [6.07, 6.45) is -0.0465. The maximum atomic E-state index is 11.6. The van der Waals surface area contributed by atoms with E-state index < -0.39 is 32.7 Å². The molecule has 1 atom stereocenters. The summed E-state index contributed by atoms with van der Waals surface area (Å²) in [5.41, 5.74) is 0. The van der Waals surface area contributed by atoms with Crippen LogP contribution in [0.2, 0.25) is 0 Å². The summed E-state index contributed by atoms with van der Waals surface area (Å²) in [7, 11) is -3.93. The highest BCUT2D eigenvalue weighted by molar-refractivity contribution is 7.93. The van der Waals surface area contributed by atoms with E-state index in [0.29, 0.717) is 6.54 Å². The van der Waals surface area contributed by atoms with Crippen LogP contribution in [0.25, 0.3) is 0 Å². The predicted molar refractivity (Wildman–Crippen MR) is 63.3 cm³/mol. The molecule has 2 N–H and O–H groups in total. The van der Waals surface area contributed by atoms with Crippen molar-refractivity contribution in [3.63, 3.8) is 0 Å². The van der Waals surface area contributed by atoms with Crippen LogP contribution in [-0.2, 0) is 19.4 Å². The molecule has 0 aromatic carbocycles. The Hall–Kier alpha value is -1.11. The van der Waals surface area contributed by atoms with Crippen molar-refractivity contribution >= 4 is 21.7 Å². The van der Waals surface area contributed by atoms with Crippen LogP contribution in [0, 0.1) is 5.92 Å². The summed E-state index contributed by atoms with van der Waals surface area (Å²) < 4.78 is 23.2. The summed E-state index contributed by atoms with van der Waals surface area (Å²) in [4.78, 5) is 22.0. The first-order valence-electron chi connectivity index (χ1n) is 5.41. The number of hydrogen-bond acceptors (Lipinski definition) is 4. The molecule has 1 unspecified atom stereocenters. The molecule has 7 heteroatoms. The maximum absolute atomic E-state index is 11.6. The van der Waals surface area contributed by atoms with Crippen LogP contribution in [0.5, 0.6) is 0 Å². The van der Waals surface area contributed by atoms with Gasteiger partial charge in [-0.2, -0.15) is 0 Å². The molecular weight excluding hydrogens is 246 g/mol. The third-order valence-corrected chi connectivity index (χ3v) is 4.19. The quantitative estimate of drug-likeness (QED) is 0.676. The van der Waals surface area contributed by atoms with Gasteiger partial charge in [-0.05, 0) is 12.3 Å². The van der Waals surface area contributed by atoms with Gasteiger partial charge >= 0.3 is 5.97 Å². The maximum Gasteiger partial charge on any atom is 0.321 e. The molecule has 0 aromatic rings. The number of hydrogen-bond donors (Lipinski definition) is 2. The van der Waals surface area contributed by atoms with Crippen molar-refractivity contribution in [2.75, 3.05) is 12.3 Å². The highest BCUT2D eigenvalue weighted by Gasteiger charge is 2.32. The molecule has 0 saturated carbocycles. The van der Waals surface area contributed by atoms with Crippen LogP contribution in [-0.4, -0.2) is 42.9 Å². The molecule has 0 saturated heterocycles. The van der Waals surface area contributed by atoms with Gasteiger partial charge in [-0.1, -0.05) is 20.8 Å². The lowest BCUT2D eigenvalue weighted by Gasteiger charge is -2.12. The lowest BCUT2D eigenvalue weighted by Crippen LogP contribution is -2.39. The first-order chi connectivity index (χ1) is 7.70. The van der Waals surface area contributed by atoms with Crippen LogP contribution in [0.1, 0.15) is 27.2 Å². The molecular formula is C10H19NO5S. The number of carboxylic acids is 1. The normalized spacial score (nSPS) is 13.4. The highest BCUT2D eigenvalue weighted by Crippen LogP contribution is 2.07. The van der Waals surface area contributed by atoms with Gasteiger partial charge in [-0.15, -0.1) is 0 Å². The Bertz CT molecular complexity index is 374. The second kappa shape index (κ2) is 6.58. The molecule has 0 spiro atoms. The van der Waals surface area contributed by atoms with Crippen molar-refractivity contribution in [1.82, 2.24) is 5.32 Å². The second-order valence-corrected chi connectivity index (χ2v) is 6.42. The number of amides is 1. The summed E-state index contributed by atoms with van der Waals surface area (Å²) in [6, 6.07) is 0. The number of nitrogens with one attached hydrogen (secondary N) is 1. The van der Waals surface area contributed by atoms with E-state index in [2.05, 4.69) is 5.32 Å². The summed E-state index contributed by atoms with van der Waals surface area (Å²) in [6.45, 7) is 5.59.